The lowest BCUT2D eigenvalue weighted by atomic mass is 10.00. The van der Waals surface area contributed by atoms with Crippen LogP contribution in [0.3, 0.4) is 0 Å². The average molecular weight is 763 g/mol. The van der Waals surface area contributed by atoms with E-state index in [-0.39, 0.29) is 0 Å². The molecule has 0 unspecified atom stereocenters. The van der Waals surface area contributed by atoms with Gasteiger partial charge < -0.3 is 13.7 Å². The van der Waals surface area contributed by atoms with Gasteiger partial charge in [0.05, 0.1) is 26.4 Å². The van der Waals surface area contributed by atoms with Crippen LogP contribution in [-0.4, -0.2) is 19.5 Å². The predicted octanol–water partition coefficient (Wildman–Crippen LogP) is 13.8. The summed E-state index contributed by atoms with van der Waals surface area (Å²) in [6.07, 6.45) is 0. The third-order valence-electron chi connectivity index (χ3n) is 10.9. The molecular formula is C51H30N4O2S. The third kappa shape index (κ3) is 5.25. The minimum atomic E-state index is 0.556. The SMILES string of the molecule is c1ccc(-c2nc(-c3ccccc3)nc(-c3cccc4c3oc3c(-c5ccc6c(c5)c5cc7c(cc5n6-c5ccccc5)Sc5ccccc5O7)cccc34)n2)cc1. The van der Waals surface area contributed by atoms with Crippen molar-refractivity contribution in [3.05, 3.63) is 182 Å². The van der Waals surface area contributed by atoms with Crippen LogP contribution >= 0.6 is 11.8 Å². The van der Waals surface area contributed by atoms with Crippen molar-refractivity contribution in [3.63, 3.8) is 0 Å². The predicted molar refractivity (Wildman–Crippen MR) is 234 cm³/mol. The molecule has 11 aromatic rings. The highest BCUT2D eigenvalue weighted by atomic mass is 32.2. The van der Waals surface area contributed by atoms with E-state index in [0.29, 0.717) is 17.5 Å². The van der Waals surface area contributed by atoms with Gasteiger partial charge in [0.15, 0.2) is 17.5 Å². The molecule has 7 heteroatoms. The number of para-hydroxylation sites is 4. The zero-order valence-electron chi connectivity index (χ0n) is 30.8. The van der Waals surface area contributed by atoms with E-state index in [4.69, 9.17) is 24.1 Å². The van der Waals surface area contributed by atoms with Crippen molar-refractivity contribution in [2.45, 2.75) is 9.79 Å². The Morgan fingerprint density at radius 1 is 0.397 bits per heavy atom. The highest BCUT2D eigenvalue weighted by Crippen LogP contribution is 2.50. The van der Waals surface area contributed by atoms with E-state index in [9.17, 15) is 0 Å². The Hall–Kier alpha value is -7.48. The molecule has 272 valence electrons. The summed E-state index contributed by atoms with van der Waals surface area (Å²) in [5.41, 5.74) is 9.60. The summed E-state index contributed by atoms with van der Waals surface area (Å²) in [7, 11) is 0. The molecule has 8 aromatic carbocycles. The molecule has 0 aliphatic carbocycles. The Bertz CT molecular complexity index is 3340. The van der Waals surface area contributed by atoms with E-state index in [1.165, 1.54) is 0 Å². The molecule has 0 bridgehead atoms. The van der Waals surface area contributed by atoms with Crippen LogP contribution in [0.25, 0.3) is 94.7 Å². The van der Waals surface area contributed by atoms with Gasteiger partial charge in [-0.15, -0.1) is 0 Å². The topological polar surface area (TPSA) is 66.0 Å². The van der Waals surface area contributed by atoms with Crippen molar-refractivity contribution < 1.29 is 9.15 Å². The minimum Gasteiger partial charge on any atom is -0.455 e. The zero-order chi connectivity index (χ0) is 38.2. The number of benzene rings is 8. The van der Waals surface area contributed by atoms with Gasteiger partial charge in [-0.3, -0.25) is 0 Å². The Balaban J connectivity index is 1.05. The van der Waals surface area contributed by atoms with Crippen molar-refractivity contribution in [3.8, 4) is 62.5 Å². The van der Waals surface area contributed by atoms with Gasteiger partial charge in [-0.2, -0.15) is 0 Å². The van der Waals surface area contributed by atoms with Gasteiger partial charge in [-0.05, 0) is 60.2 Å². The summed E-state index contributed by atoms with van der Waals surface area (Å²) in [6.45, 7) is 0. The Morgan fingerprint density at radius 3 is 1.72 bits per heavy atom. The zero-order valence-corrected chi connectivity index (χ0v) is 31.7. The van der Waals surface area contributed by atoms with Crippen LogP contribution in [-0.2, 0) is 0 Å². The molecular weight excluding hydrogens is 733 g/mol. The van der Waals surface area contributed by atoms with Crippen LogP contribution in [0.4, 0.5) is 0 Å². The van der Waals surface area contributed by atoms with Crippen LogP contribution < -0.4 is 4.74 Å². The molecule has 0 spiro atoms. The summed E-state index contributed by atoms with van der Waals surface area (Å²) in [5, 5.41) is 4.28. The molecule has 0 saturated carbocycles. The number of furan rings is 1. The van der Waals surface area contributed by atoms with Crippen molar-refractivity contribution in [1.82, 2.24) is 19.5 Å². The van der Waals surface area contributed by atoms with E-state index in [1.807, 2.05) is 78.9 Å². The van der Waals surface area contributed by atoms with E-state index in [0.717, 1.165) is 98.5 Å². The summed E-state index contributed by atoms with van der Waals surface area (Å²) < 4.78 is 15.8. The fourth-order valence-corrected chi connectivity index (χ4v) is 9.18. The largest absolute Gasteiger partial charge is 0.455 e. The van der Waals surface area contributed by atoms with E-state index in [2.05, 4.69) is 108 Å². The van der Waals surface area contributed by atoms with Crippen molar-refractivity contribution >= 4 is 55.5 Å². The normalized spacial score (nSPS) is 12.2. The minimum absolute atomic E-state index is 0.556. The molecule has 0 saturated heterocycles. The average Bonchev–Trinajstić information content (AvgIpc) is 3.83. The molecule has 0 amide bonds. The molecule has 4 heterocycles. The summed E-state index contributed by atoms with van der Waals surface area (Å²) in [4.78, 5) is 17.2. The smallest absolute Gasteiger partial charge is 0.167 e. The second kappa shape index (κ2) is 13.0. The van der Waals surface area contributed by atoms with Crippen LogP contribution in [0, 0.1) is 0 Å². The summed E-state index contributed by atoms with van der Waals surface area (Å²) in [6, 6.07) is 62.7. The number of hydrogen-bond acceptors (Lipinski definition) is 6. The standard InChI is InChI=1S/C51H30N4O2S/c1-4-14-31(15-5-1)49-52-50(32-16-6-2-7-17-32)54-51(53-49)38-23-13-22-37-36-21-12-20-35(47(36)57-48(37)38)33-26-27-41-39(28-33)40-29-44-46(58-45-25-11-10-24-43(45)56-44)30-42(40)55(41)34-18-8-3-9-19-34/h1-30H. The first-order valence-corrected chi connectivity index (χ1v) is 20.0. The van der Waals surface area contributed by atoms with Gasteiger partial charge in [0.2, 0.25) is 0 Å². The highest BCUT2D eigenvalue weighted by Gasteiger charge is 2.24. The van der Waals surface area contributed by atoms with Crippen LogP contribution in [0.2, 0.25) is 0 Å². The maximum absolute atomic E-state index is 6.97. The molecule has 0 atom stereocenters. The van der Waals surface area contributed by atoms with Gasteiger partial charge in [0, 0.05) is 43.9 Å². The lowest BCUT2D eigenvalue weighted by molar-refractivity contribution is 0.455. The number of hydrogen-bond donors (Lipinski definition) is 0. The maximum Gasteiger partial charge on any atom is 0.167 e. The number of rotatable bonds is 5. The first kappa shape index (κ1) is 32.7. The second-order valence-corrected chi connectivity index (χ2v) is 15.5. The van der Waals surface area contributed by atoms with Crippen molar-refractivity contribution in [2.75, 3.05) is 0 Å². The number of aromatic nitrogens is 4. The van der Waals surface area contributed by atoms with Gasteiger partial charge in [-0.1, -0.05) is 139 Å². The molecule has 0 N–H and O–H groups in total. The first-order valence-electron chi connectivity index (χ1n) is 19.2. The monoisotopic (exact) mass is 762 g/mol. The number of ether oxygens (including phenoxy) is 1. The van der Waals surface area contributed by atoms with E-state index in [1.54, 1.807) is 11.8 Å². The van der Waals surface area contributed by atoms with Gasteiger partial charge >= 0.3 is 0 Å². The van der Waals surface area contributed by atoms with Crippen molar-refractivity contribution in [2.24, 2.45) is 0 Å². The second-order valence-electron chi connectivity index (χ2n) is 14.4. The third-order valence-corrected chi connectivity index (χ3v) is 12.0. The molecule has 6 nitrogen and oxygen atoms in total. The molecule has 1 aliphatic heterocycles. The lowest BCUT2D eigenvalue weighted by Crippen LogP contribution is -2.00. The van der Waals surface area contributed by atoms with Crippen LogP contribution in [0.15, 0.2) is 196 Å². The van der Waals surface area contributed by atoms with Gasteiger partial charge in [0.25, 0.3) is 0 Å². The molecule has 58 heavy (non-hydrogen) atoms. The number of fused-ring (bicyclic) bond motifs is 8. The Morgan fingerprint density at radius 2 is 1.00 bits per heavy atom. The molecule has 0 radical (unpaired) electrons. The van der Waals surface area contributed by atoms with Gasteiger partial charge in [-0.25, -0.2) is 15.0 Å². The van der Waals surface area contributed by atoms with Gasteiger partial charge in [0.1, 0.15) is 22.7 Å². The molecule has 1 aliphatic rings. The summed E-state index contributed by atoms with van der Waals surface area (Å²) >= 11 is 1.75. The highest BCUT2D eigenvalue weighted by molar-refractivity contribution is 7.99. The number of nitrogens with zero attached hydrogens (tertiary/aromatic N) is 4. The fraction of sp³-hybridized carbons (Fsp3) is 0. The molecule has 3 aromatic heterocycles. The molecule has 12 rings (SSSR count). The Kier molecular flexibility index (Phi) is 7.36. The van der Waals surface area contributed by atoms with E-state index < -0.39 is 0 Å². The summed E-state index contributed by atoms with van der Waals surface area (Å²) in [5.74, 6) is 3.52. The van der Waals surface area contributed by atoms with Crippen LogP contribution in [0.5, 0.6) is 11.5 Å². The molecule has 0 fully saturated rings. The van der Waals surface area contributed by atoms with Crippen molar-refractivity contribution in [1.29, 1.82) is 0 Å². The Labute approximate surface area is 337 Å². The lowest BCUT2D eigenvalue weighted by Gasteiger charge is -2.19. The van der Waals surface area contributed by atoms with Crippen LogP contribution in [0.1, 0.15) is 0 Å². The first-order chi connectivity index (χ1) is 28.7. The maximum atomic E-state index is 6.97. The van der Waals surface area contributed by atoms with E-state index >= 15 is 0 Å². The fourth-order valence-electron chi connectivity index (χ4n) is 8.22. The quantitative estimate of drug-likeness (QED) is 0.174.